The second kappa shape index (κ2) is 9.79. The fraction of sp³-hybridized carbons (Fsp3) is 0.875. The fourth-order valence-electron chi connectivity index (χ4n) is 2.96. The van der Waals surface area contributed by atoms with Gasteiger partial charge in [0.2, 0.25) is 11.8 Å². The molecule has 6 heteroatoms. The second-order valence-corrected chi connectivity index (χ2v) is 6.10. The van der Waals surface area contributed by atoms with Crippen LogP contribution >= 0.6 is 0 Å². The minimum absolute atomic E-state index is 0.00927. The van der Waals surface area contributed by atoms with E-state index in [0.717, 1.165) is 26.1 Å². The van der Waals surface area contributed by atoms with Gasteiger partial charge in [-0.05, 0) is 20.8 Å². The third kappa shape index (κ3) is 5.57. The molecule has 1 aliphatic rings. The summed E-state index contributed by atoms with van der Waals surface area (Å²) in [5, 5.41) is 2.98. The van der Waals surface area contributed by atoms with Crippen LogP contribution in [0, 0.1) is 5.92 Å². The van der Waals surface area contributed by atoms with Crippen LogP contribution in [0.25, 0.3) is 0 Å². The number of carbonyl (C=O) groups is 2. The van der Waals surface area contributed by atoms with Crippen molar-refractivity contribution < 1.29 is 19.2 Å². The number of hydrogen-bond acceptors (Lipinski definition) is 3. The SMILES string of the molecule is CC[NH+](CC)CCCNC(=O)[C@@H]1CC(=O)N([C@@H](C)COC)C1. The van der Waals surface area contributed by atoms with Crippen molar-refractivity contribution in [2.24, 2.45) is 5.92 Å². The molecule has 0 spiro atoms. The molecule has 2 atom stereocenters. The fourth-order valence-corrected chi connectivity index (χ4v) is 2.96. The molecule has 1 fully saturated rings. The van der Waals surface area contributed by atoms with Gasteiger partial charge >= 0.3 is 0 Å². The van der Waals surface area contributed by atoms with Gasteiger partial charge in [-0.15, -0.1) is 0 Å². The highest BCUT2D eigenvalue weighted by Gasteiger charge is 2.36. The number of amides is 2. The average Bonchev–Trinajstić information content (AvgIpc) is 2.89. The van der Waals surface area contributed by atoms with Crippen LogP contribution in [-0.2, 0) is 14.3 Å². The van der Waals surface area contributed by atoms with Crippen LogP contribution in [0.5, 0.6) is 0 Å². The topological polar surface area (TPSA) is 63.1 Å². The summed E-state index contributed by atoms with van der Waals surface area (Å²) >= 11 is 0. The third-order valence-electron chi connectivity index (χ3n) is 4.48. The van der Waals surface area contributed by atoms with Crippen LogP contribution in [-0.4, -0.2) is 69.2 Å². The van der Waals surface area contributed by atoms with Gasteiger partial charge < -0.3 is 19.9 Å². The first kappa shape index (κ1) is 18.9. The van der Waals surface area contributed by atoms with Crippen molar-refractivity contribution in [3.8, 4) is 0 Å². The van der Waals surface area contributed by atoms with E-state index in [0.29, 0.717) is 26.1 Å². The molecule has 0 aromatic carbocycles. The number of methoxy groups -OCH3 is 1. The zero-order valence-electron chi connectivity index (χ0n) is 14.5. The summed E-state index contributed by atoms with van der Waals surface area (Å²) in [5.41, 5.74) is 0. The van der Waals surface area contributed by atoms with Crippen molar-refractivity contribution in [1.29, 1.82) is 0 Å². The lowest BCUT2D eigenvalue weighted by Crippen LogP contribution is -3.11. The molecule has 6 nitrogen and oxygen atoms in total. The van der Waals surface area contributed by atoms with Gasteiger partial charge in [-0.25, -0.2) is 0 Å². The zero-order chi connectivity index (χ0) is 16.5. The maximum Gasteiger partial charge on any atom is 0.225 e. The van der Waals surface area contributed by atoms with E-state index >= 15 is 0 Å². The molecule has 0 radical (unpaired) electrons. The van der Waals surface area contributed by atoms with Crippen molar-refractivity contribution in [1.82, 2.24) is 10.2 Å². The smallest absolute Gasteiger partial charge is 0.225 e. The van der Waals surface area contributed by atoms with Gasteiger partial charge in [0.05, 0.1) is 38.2 Å². The first-order valence-corrected chi connectivity index (χ1v) is 8.43. The van der Waals surface area contributed by atoms with Gasteiger partial charge in [0, 0.05) is 33.0 Å². The van der Waals surface area contributed by atoms with Gasteiger partial charge in [0.25, 0.3) is 0 Å². The van der Waals surface area contributed by atoms with E-state index in [-0.39, 0.29) is 23.8 Å². The Kier molecular flexibility index (Phi) is 8.42. The van der Waals surface area contributed by atoms with E-state index in [1.54, 1.807) is 16.9 Å². The molecule has 0 aliphatic carbocycles. The Morgan fingerprint density at radius 2 is 2.14 bits per heavy atom. The van der Waals surface area contributed by atoms with Crippen LogP contribution in [0.4, 0.5) is 0 Å². The number of hydrogen-bond donors (Lipinski definition) is 2. The molecule has 1 saturated heterocycles. The van der Waals surface area contributed by atoms with Gasteiger partial charge in [0.1, 0.15) is 0 Å². The summed E-state index contributed by atoms with van der Waals surface area (Å²) in [5.74, 6) is -0.153. The molecule has 1 heterocycles. The lowest BCUT2D eigenvalue weighted by atomic mass is 10.1. The number of likely N-dealkylation sites (tertiary alicyclic amines) is 1. The van der Waals surface area contributed by atoms with E-state index in [1.165, 1.54) is 0 Å². The Morgan fingerprint density at radius 3 is 2.73 bits per heavy atom. The third-order valence-corrected chi connectivity index (χ3v) is 4.48. The highest BCUT2D eigenvalue weighted by atomic mass is 16.5. The van der Waals surface area contributed by atoms with Crippen LogP contribution in [0.2, 0.25) is 0 Å². The van der Waals surface area contributed by atoms with Crippen molar-refractivity contribution in [3.63, 3.8) is 0 Å². The molecule has 0 unspecified atom stereocenters. The monoisotopic (exact) mass is 314 g/mol. The molecule has 128 valence electrons. The number of carbonyl (C=O) groups excluding carboxylic acids is 2. The molecule has 1 rings (SSSR count). The Balaban J connectivity index is 2.30. The molecule has 1 aliphatic heterocycles. The number of quaternary nitrogens is 1. The van der Waals surface area contributed by atoms with E-state index in [9.17, 15) is 9.59 Å². The second-order valence-electron chi connectivity index (χ2n) is 6.10. The van der Waals surface area contributed by atoms with E-state index in [2.05, 4.69) is 19.2 Å². The lowest BCUT2D eigenvalue weighted by molar-refractivity contribution is -0.896. The molecule has 2 N–H and O–H groups in total. The number of nitrogens with one attached hydrogen (secondary N) is 2. The summed E-state index contributed by atoms with van der Waals surface area (Å²) in [7, 11) is 1.62. The van der Waals surface area contributed by atoms with Crippen LogP contribution in [0.1, 0.15) is 33.6 Å². The molecule has 0 aromatic heterocycles. The predicted octanol–water partition coefficient (Wildman–Crippen LogP) is -0.699. The largest absolute Gasteiger partial charge is 0.383 e. The molecule has 0 bridgehead atoms. The number of ether oxygens (including phenoxy) is 1. The zero-order valence-corrected chi connectivity index (χ0v) is 14.5. The minimum Gasteiger partial charge on any atom is -0.383 e. The van der Waals surface area contributed by atoms with Crippen LogP contribution in [0.3, 0.4) is 0 Å². The van der Waals surface area contributed by atoms with Gasteiger partial charge in [-0.1, -0.05) is 0 Å². The summed E-state index contributed by atoms with van der Waals surface area (Å²) in [6.45, 7) is 11.3. The molecule has 22 heavy (non-hydrogen) atoms. The van der Waals surface area contributed by atoms with E-state index in [4.69, 9.17) is 4.74 Å². The first-order valence-electron chi connectivity index (χ1n) is 8.43. The van der Waals surface area contributed by atoms with Crippen LogP contribution in [0.15, 0.2) is 0 Å². The highest BCUT2D eigenvalue weighted by Crippen LogP contribution is 2.20. The normalized spacial score (nSPS) is 19.8. The Labute approximate surface area is 134 Å². The quantitative estimate of drug-likeness (QED) is 0.524. The Bertz CT molecular complexity index is 359. The molecular formula is C16H32N3O3+. The summed E-state index contributed by atoms with van der Waals surface area (Å²) in [4.78, 5) is 27.5. The van der Waals surface area contributed by atoms with Gasteiger partial charge in [-0.3, -0.25) is 9.59 Å². The minimum atomic E-state index is -0.215. The molecular weight excluding hydrogens is 282 g/mol. The Morgan fingerprint density at radius 1 is 1.45 bits per heavy atom. The van der Waals surface area contributed by atoms with Crippen molar-refractivity contribution in [3.05, 3.63) is 0 Å². The highest BCUT2D eigenvalue weighted by molar-refractivity contribution is 5.89. The Hall–Kier alpha value is -1.14. The summed E-state index contributed by atoms with van der Waals surface area (Å²) in [6, 6.07) is 0.0292. The summed E-state index contributed by atoms with van der Waals surface area (Å²) < 4.78 is 5.09. The van der Waals surface area contributed by atoms with Gasteiger partial charge in [0.15, 0.2) is 0 Å². The first-order chi connectivity index (χ1) is 10.5. The number of nitrogens with zero attached hydrogens (tertiary/aromatic N) is 1. The van der Waals surface area contributed by atoms with Crippen molar-refractivity contribution >= 4 is 11.8 Å². The standard InChI is InChI=1S/C16H31N3O3/c1-5-18(6-2)9-7-8-17-16(21)14-10-15(20)19(11-14)13(3)12-22-4/h13-14H,5-12H2,1-4H3,(H,17,21)/p+1/t13-,14+/m0/s1. The molecule has 0 saturated carbocycles. The molecule has 0 aromatic rings. The van der Waals surface area contributed by atoms with E-state index < -0.39 is 0 Å². The van der Waals surface area contributed by atoms with Gasteiger partial charge in [-0.2, -0.15) is 0 Å². The number of rotatable bonds is 10. The maximum absolute atomic E-state index is 12.2. The summed E-state index contributed by atoms with van der Waals surface area (Å²) in [6.07, 6.45) is 1.30. The van der Waals surface area contributed by atoms with E-state index in [1.807, 2.05) is 6.92 Å². The van der Waals surface area contributed by atoms with Crippen molar-refractivity contribution in [2.75, 3.05) is 46.4 Å². The van der Waals surface area contributed by atoms with Crippen LogP contribution < -0.4 is 10.2 Å². The predicted molar refractivity (Wildman–Crippen MR) is 85.7 cm³/mol. The molecule has 2 amide bonds. The maximum atomic E-state index is 12.2. The lowest BCUT2D eigenvalue weighted by Gasteiger charge is -2.23. The average molecular weight is 314 g/mol. The van der Waals surface area contributed by atoms with Crippen molar-refractivity contribution in [2.45, 2.75) is 39.7 Å².